The normalized spacial score (nSPS) is 31.1. The van der Waals surface area contributed by atoms with Crippen LogP contribution in [0.15, 0.2) is 23.1 Å². The first-order valence-electron chi connectivity index (χ1n) is 11.1. The number of benzene rings is 1. The predicted octanol–water partition coefficient (Wildman–Crippen LogP) is 3.21. The third-order valence-corrected chi connectivity index (χ3v) is 9.82. The molecule has 7 heteroatoms. The molecule has 3 fully saturated rings. The number of carbonyl (C=O) groups is 1. The Bertz CT molecular complexity index is 932. The van der Waals surface area contributed by atoms with E-state index in [1.165, 1.54) is 10.7 Å². The average molecular weight is 435 g/mol. The van der Waals surface area contributed by atoms with Crippen LogP contribution in [0.4, 0.5) is 0 Å². The van der Waals surface area contributed by atoms with Gasteiger partial charge in [-0.3, -0.25) is 4.79 Å². The number of rotatable bonds is 5. The van der Waals surface area contributed by atoms with Crippen molar-refractivity contribution in [2.45, 2.75) is 64.3 Å². The zero-order valence-electron chi connectivity index (χ0n) is 18.5. The summed E-state index contributed by atoms with van der Waals surface area (Å²) in [7, 11) is -3.66. The molecule has 2 aliphatic carbocycles. The van der Waals surface area contributed by atoms with Crippen LogP contribution in [0.2, 0.25) is 0 Å². The SMILES string of the molecule is CCc1ccc(C(=O)NC2C(C)(C)[C@@H]3CC[C@@]2(C)C3)cc1S(=O)(=O)N1CCOCC1. The third-order valence-electron chi connectivity index (χ3n) is 7.84. The lowest BCUT2D eigenvalue weighted by atomic mass is 9.68. The Kier molecular flexibility index (Phi) is 5.52. The Balaban J connectivity index is 1.62. The molecule has 1 aliphatic heterocycles. The standard InChI is InChI=1S/C23H34N2O4S/c1-5-16-6-7-17(14-19(16)30(27,28)25-10-12-29-13-11-25)20(26)24-21-22(2,3)18-8-9-23(21,4)15-18/h6-7,14,18,21H,5,8-13,15H2,1-4H3,(H,24,26)/t18-,21?,23+/m1/s1. The summed E-state index contributed by atoms with van der Waals surface area (Å²) in [6, 6.07) is 5.22. The van der Waals surface area contributed by atoms with Crippen LogP contribution < -0.4 is 5.32 Å². The maximum absolute atomic E-state index is 13.3. The quantitative estimate of drug-likeness (QED) is 0.772. The summed E-state index contributed by atoms with van der Waals surface area (Å²) < 4.78 is 33.3. The maximum Gasteiger partial charge on any atom is 0.251 e. The Labute approximate surface area is 180 Å². The van der Waals surface area contributed by atoms with Crippen LogP contribution >= 0.6 is 0 Å². The van der Waals surface area contributed by atoms with Crippen molar-refractivity contribution < 1.29 is 17.9 Å². The molecule has 3 atom stereocenters. The molecule has 1 heterocycles. The lowest BCUT2D eigenvalue weighted by Gasteiger charge is -2.43. The molecule has 2 bridgehead atoms. The van der Waals surface area contributed by atoms with E-state index in [1.807, 2.05) is 6.92 Å². The van der Waals surface area contributed by atoms with Crippen molar-refractivity contribution in [3.63, 3.8) is 0 Å². The summed E-state index contributed by atoms with van der Waals surface area (Å²) in [5, 5.41) is 3.29. The van der Waals surface area contributed by atoms with Gasteiger partial charge in [-0.15, -0.1) is 0 Å². The molecule has 1 aromatic carbocycles. The number of fused-ring (bicyclic) bond motifs is 2. The van der Waals surface area contributed by atoms with Gasteiger partial charge < -0.3 is 10.1 Å². The zero-order valence-corrected chi connectivity index (χ0v) is 19.3. The van der Waals surface area contributed by atoms with E-state index in [0.29, 0.717) is 44.2 Å². The van der Waals surface area contributed by atoms with Crippen LogP contribution in [0, 0.1) is 16.7 Å². The minimum absolute atomic E-state index is 0.0503. The number of ether oxygens (including phenoxy) is 1. The number of hydrogen-bond donors (Lipinski definition) is 1. The second-order valence-corrected chi connectivity index (χ2v) is 11.9. The zero-order chi connectivity index (χ0) is 21.7. The first kappa shape index (κ1) is 21.8. The number of sulfonamides is 1. The highest BCUT2D eigenvalue weighted by atomic mass is 32.2. The monoisotopic (exact) mass is 434 g/mol. The van der Waals surface area contributed by atoms with Crippen molar-refractivity contribution in [1.29, 1.82) is 0 Å². The summed E-state index contributed by atoms with van der Waals surface area (Å²) in [5.41, 5.74) is 1.33. The van der Waals surface area contributed by atoms with Crippen molar-refractivity contribution in [3.05, 3.63) is 29.3 Å². The van der Waals surface area contributed by atoms with E-state index in [0.717, 1.165) is 18.4 Å². The summed E-state index contributed by atoms with van der Waals surface area (Å²) in [6.07, 6.45) is 4.10. The van der Waals surface area contributed by atoms with Gasteiger partial charge in [0.2, 0.25) is 10.0 Å². The van der Waals surface area contributed by atoms with Gasteiger partial charge in [0.15, 0.2) is 0 Å². The topological polar surface area (TPSA) is 75.7 Å². The number of amides is 1. The molecule has 6 nitrogen and oxygen atoms in total. The molecule has 1 amide bonds. The summed E-state index contributed by atoms with van der Waals surface area (Å²) >= 11 is 0. The van der Waals surface area contributed by atoms with Gasteiger partial charge >= 0.3 is 0 Å². The van der Waals surface area contributed by atoms with Crippen LogP contribution in [0.1, 0.15) is 62.9 Å². The van der Waals surface area contributed by atoms with Crippen molar-refractivity contribution >= 4 is 15.9 Å². The van der Waals surface area contributed by atoms with Crippen LogP contribution in [0.3, 0.4) is 0 Å². The first-order chi connectivity index (χ1) is 14.1. The van der Waals surface area contributed by atoms with Gasteiger partial charge in [0.25, 0.3) is 5.91 Å². The number of aryl methyl sites for hydroxylation is 1. The third kappa shape index (κ3) is 3.49. The Morgan fingerprint density at radius 1 is 1.23 bits per heavy atom. The fourth-order valence-corrected chi connectivity index (χ4v) is 7.76. The molecule has 2 saturated carbocycles. The highest BCUT2D eigenvalue weighted by Gasteiger charge is 2.59. The number of morpholine rings is 1. The number of hydrogen-bond acceptors (Lipinski definition) is 4. The van der Waals surface area contributed by atoms with Gasteiger partial charge in [-0.25, -0.2) is 8.42 Å². The van der Waals surface area contributed by atoms with Crippen LogP contribution in [0.5, 0.6) is 0 Å². The minimum atomic E-state index is -3.66. The lowest BCUT2D eigenvalue weighted by molar-refractivity contribution is 0.0728. The van der Waals surface area contributed by atoms with Crippen molar-refractivity contribution in [2.24, 2.45) is 16.7 Å². The summed E-state index contributed by atoms with van der Waals surface area (Å²) in [4.78, 5) is 13.5. The molecule has 3 aliphatic rings. The van der Waals surface area contributed by atoms with Gasteiger partial charge in [0, 0.05) is 24.7 Å². The molecular weight excluding hydrogens is 400 g/mol. The molecule has 1 unspecified atom stereocenters. The van der Waals surface area contributed by atoms with Crippen LogP contribution in [-0.2, 0) is 21.2 Å². The maximum atomic E-state index is 13.3. The molecule has 30 heavy (non-hydrogen) atoms. The molecule has 0 radical (unpaired) electrons. The van der Waals surface area contributed by atoms with Crippen LogP contribution in [-0.4, -0.2) is 51.0 Å². The van der Waals surface area contributed by atoms with Gasteiger partial charge in [-0.2, -0.15) is 4.31 Å². The second kappa shape index (κ2) is 7.61. The molecule has 166 valence electrons. The van der Waals surface area contributed by atoms with Crippen molar-refractivity contribution in [3.8, 4) is 0 Å². The van der Waals surface area contributed by atoms with E-state index in [1.54, 1.807) is 18.2 Å². The van der Waals surface area contributed by atoms with E-state index in [9.17, 15) is 13.2 Å². The van der Waals surface area contributed by atoms with Crippen LogP contribution in [0.25, 0.3) is 0 Å². The van der Waals surface area contributed by atoms with E-state index in [2.05, 4.69) is 26.1 Å². The largest absolute Gasteiger partial charge is 0.379 e. The summed E-state index contributed by atoms with van der Waals surface area (Å²) in [5.74, 6) is 0.454. The molecular formula is C23H34N2O4S. The smallest absolute Gasteiger partial charge is 0.251 e. The lowest BCUT2D eigenvalue weighted by Crippen LogP contribution is -2.52. The first-order valence-corrected chi connectivity index (χ1v) is 12.6. The average Bonchev–Trinajstić information content (AvgIpc) is 3.22. The fraction of sp³-hybridized carbons (Fsp3) is 0.696. The number of nitrogens with one attached hydrogen (secondary N) is 1. The molecule has 1 saturated heterocycles. The Morgan fingerprint density at radius 2 is 1.93 bits per heavy atom. The number of carbonyl (C=O) groups excluding carboxylic acids is 1. The molecule has 0 aromatic heterocycles. The molecule has 1 N–H and O–H groups in total. The molecule has 0 spiro atoms. The highest BCUT2D eigenvalue weighted by Crippen LogP contribution is 2.62. The highest BCUT2D eigenvalue weighted by molar-refractivity contribution is 7.89. The van der Waals surface area contributed by atoms with E-state index < -0.39 is 10.0 Å². The fourth-order valence-electron chi connectivity index (χ4n) is 6.03. The van der Waals surface area contributed by atoms with Gasteiger partial charge in [0.05, 0.1) is 18.1 Å². The Morgan fingerprint density at radius 3 is 2.53 bits per heavy atom. The van der Waals surface area contributed by atoms with E-state index in [-0.39, 0.29) is 27.7 Å². The second-order valence-electron chi connectivity index (χ2n) is 10.0. The summed E-state index contributed by atoms with van der Waals surface area (Å²) in [6.45, 7) is 10.2. The van der Waals surface area contributed by atoms with Crippen molar-refractivity contribution in [1.82, 2.24) is 9.62 Å². The van der Waals surface area contributed by atoms with E-state index in [4.69, 9.17) is 4.74 Å². The van der Waals surface area contributed by atoms with E-state index >= 15 is 0 Å². The minimum Gasteiger partial charge on any atom is -0.379 e. The van der Waals surface area contributed by atoms with Crippen molar-refractivity contribution in [2.75, 3.05) is 26.3 Å². The molecule has 4 rings (SSSR count). The Hall–Kier alpha value is -1.44. The van der Waals surface area contributed by atoms with Gasteiger partial charge in [-0.1, -0.05) is 33.8 Å². The van der Waals surface area contributed by atoms with Gasteiger partial charge in [-0.05, 0) is 60.1 Å². The van der Waals surface area contributed by atoms with Gasteiger partial charge in [0.1, 0.15) is 0 Å². The molecule has 1 aromatic rings. The predicted molar refractivity (Wildman–Crippen MR) is 116 cm³/mol. The number of nitrogens with zero attached hydrogens (tertiary/aromatic N) is 1.